The van der Waals surface area contributed by atoms with Gasteiger partial charge in [0.1, 0.15) is 11.5 Å². The Balaban J connectivity index is 1.24. The number of nitrogens with zero attached hydrogens (tertiary/aromatic N) is 6. The van der Waals surface area contributed by atoms with Crippen LogP contribution < -0.4 is 0 Å². The number of aromatic nitrogens is 3. The number of likely N-dealkylation sites (tertiary alicyclic amines) is 1. The van der Waals surface area contributed by atoms with Crippen LogP contribution in [0, 0.1) is 0 Å². The minimum absolute atomic E-state index is 0.0186. The zero-order valence-electron chi connectivity index (χ0n) is 22.9. The number of phenolic OH excluding ortho intramolecular Hbond substituents is 2. The molecular formula is C29H38N6O4. The van der Waals surface area contributed by atoms with Gasteiger partial charge in [0.25, 0.3) is 0 Å². The highest BCUT2D eigenvalue weighted by molar-refractivity contribution is 5.73. The molecule has 0 saturated carbocycles. The third-order valence-corrected chi connectivity index (χ3v) is 8.09. The van der Waals surface area contributed by atoms with Gasteiger partial charge in [-0.2, -0.15) is 0 Å². The molecule has 0 unspecified atom stereocenters. The summed E-state index contributed by atoms with van der Waals surface area (Å²) in [6.07, 6.45) is 2.11. The van der Waals surface area contributed by atoms with Crippen LogP contribution in [0.15, 0.2) is 36.4 Å². The molecule has 0 bridgehead atoms. The topological polar surface area (TPSA) is 118 Å². The summed E-state index contributed by atoms with van der Waals surface area (Å²) in [5, 5.41) is 39.2. The van der Waals surface area contributed by atoms with Gasteiger partial charge >= 0.3 is 6.01 Å². The lowest BCUT2D eigenvalue weighted by Crippen LogP contribution is -2.53. The molecule has 0 atom stereocenters. The van der Waals surface area contributed by atoms with Gasteiger partial charge in [-0.25, -0.2) is 4.57 Å². The number of phenols is 2. The molecule has 0 radical (unpaired) electrons. The second kappa shape index (κ2) is 11.2. The Morgan fingerprint density at radius 3 is 2.21 bits per heavy atom. The minimum atomic E-state index is -0.276. The average molecular weight is 535 g/mol. The number of piperidine rings is 1. The molecule has 3 N–H and O–H groups in total. The number of benzene rings is 2. The lowest BCUT2D eigenvalue weighted by molar-refractivity contribution is -0.130. The number of hydrogen-bond donors (Lipinski definition) is 3. The zero-order chi connectivity index (χ0) is 27.7. The molecule has 0 aliphatic carbocycles. The fourth-order valence-electron chi connectivity index (χ4n) is 5.76. The van der Waals surface area contributed by atoms with Gasteiger partial charge in [0.2, 0.25) is 5.91 Å². The summed E-state index contributed by atoms with van der Waals surface area (Å²) >= 11 is 0. The maximum atomic E-state index is 11.6. The van der Waals surface area contributed by atoms with Gasteiger partial charge in [-0.1, -0.05) is 31.1 Å². The molecule has 2 aromatic carbocycles. The Hall–Kier alpha value is -3.63. The molecule has 2 fully saturated rings. The van der Waals surface area contributed by atoms with Crippen LogP contribution in [0.25, 0.3) is 17.1 Å². The Kier molecular flexibility index (Phi) is 7.76. The zero-order valence-corrected chi connectivity index (χ0v) is 22.9. The molecule has 1 aromatic heterocycles. The first-order valence-electron chi connectivity index (χ1n) is 13.7. The molecule has 3 heterocycles. The summed E-state index contributed by atoms with van der Waals surface area (Å²) in [6.45, 7) is 12.2. The number of carbonyl (C=O) groups is 1. The summed E-state index contributed by atoms with van der Waals surface area (Å²) in [7, 11) is 0. The Morgan fingerprint density at radius 1 is 0.923 bits per heavy atom. The highest BCUT2D eigenvalue weighted by atomic mass is 16.3. The normalized spacial score (nSPS) is 17.7. The number of carbonyl (C=O) groups excluding carboxylic acids is 1. The van der Waals surface area contributed by atoms with Crippen molar-refractivity contribution in [2.75, 3.05) is 39.3 Å². The highest BCUT2D eigenvalue weighted by Gasteiger charge is 2.28. The lowest BCUT2D eigenvalue weighted by atomic mass is 9.98. The van der Waals surface area contributed by atoms with Crippen molar-refractivity contribution < 1.29 is 20.1 Å². The molecule has 2 aliphatic rings. The van der Waals surface area contributed by atoms with Gasteiger partial charge in [0.05, 0.1) is 11.3 Å². The Morgan fingerprint density at radius 2 is 1.59 bits per heavy atom. The Labute approximate surface area is 229 Å². The van der Waals surface area contributed by atoms with Crippen LogP contribution >= 0.6 is 0 Å². The van der Waals surface area contributed by atoms with E-state index in [1.165, 1.54) is 16.2 Å². The van der Waals surface area contributed by atoms with E-state index in [1.54, 1.807) is 13.0 Å². The average Bonchev–Trinajstić information content (AvgIpc) is 3.30. The van der Waals surface area contributed by atoms with Crippen molar-refractivity contribution in [2.24, 2.45) is 0 Å². The van der Waals surface area contributed by atoms with E-state index in [4.69, 9.17) is 0 Å². The molecule has 0 spiro atoms. The van der Waals surface area contributed by atoms with E-state index < -0.39 is 0 Å². The van der Waals surface area contributed by atoms with Crippen LogP contribution in [-0.4, -0.2) is 96.0 Å². The van der Waals surface area contributed by atoms with E-state index in [1.807, 2.05) is 43.0 Å². The maximum absolute atomic E-state index is 11.6. The van der Waals surface area contributed by atoms with Crippen molar-refractivity contribution >= 4 is 5.91 Å². The highest BCUT2D eigenvalue weighted by Crippen LogP contribution is 2.38. The maximum Gasteiger partial charge on any atom is 0.319 e. The molecule has 3 aromatic rings. The van der Waals surface area contributed by atoms with Gasteiger partial charge in [-0.05, 0) is 48.1 Å². The standard InChI is InChI=1S/C29H38N6O4/c1-19(2)24-16-25(27(38)17-26(24)37)28-30-31-29(39)35(28)23-6-4-21(5-7-23)18-32-12-14-34(15-13-32)22-8-10-33(11-9-22)20(3)36/h4-7,16-17,19,22,37-38H,8-15,18H2,1-3H3,(H,31,39). The first kappa shape index (κ1) is 27.0. The van der Waals surface area contributed by atoms with Crippen LogP contribution in [0.4, 0.5) is 0 Å². The summed E-state index contributed by atoms with van der Waals surface area (Å²) in [6, 6.07) is 11.2. The number of amides is 1. The van der Waals surface area contributed by atoms with Crippen LogP contribution in [0.5, 0.6) is 17.5 Å². The van der Waals surface area contributed by atoms with Crippen molar-refractivity contribution in [3.63, 3.8) is 0 Å². The number of aromatic hydroxyl groups is 3. The lowest BCUT2D eigenvalue weighted by Gasteiger charge is -2.42. The van der Waals surface area contributed by atoms with Crippen LogP contribution in [0.1, 0.15) is 50.7 Å². The summed E-state index contributed by atoms with van der Waals surface area (Å²) in [4.78, 5) is 18.6. The molecule has 5 rings (SSSR count). The van der Waals surface area contributed by atoms with Crippen molar-refractivity contribution in [3.05, 3.63) is 47.5 Å². The van der Waals surface area contributed by atoms with Gasteiger partial charge in [0, 0.05) is 64.8 Å². The molecule has 39 heavy (non-hydrogen) atoms. The first-order chi connectivity index (χ1) is 18.7. The first-order valence-corrected chi connectivity index (χ1v) is 13.7. The van der Waals surface area contributed by atoms with Crippen molar-refractivity contribution in [1.82, 2.24) is 29.5 Å². The molecular weight excluding hydrogens is 496 g/mol. The third-order valence-electron chi connectivity index (χ3n) is 8.09. The minimum Gasteiger partial charge on any atom is -0.508 e. The second-order valence-electron chi connectivity index (χ2n) is 11.0. The summed E-state index contributed by atoms with van der Waals surface area (Å²) < 4.78 is 1.50. The SMILES string of the molecule is CC(=O)N1CCC(N2CCN(Cc3ccc(-n4c(O)nnc4-c4cc(C(C)C)c(O)cc4O)cc3)CC2)CC1. The van der Waals surface area contributed by atoms with Gasteiger partial charge in [0.15, 0.2) is 5.82 Å². The molecule has 10 heteroatoms. The van der Waals surface area contributed by atoms with Crippen molar-refractivity contribution in [2.45, 2.75) is 52.1 Å². The van der Waals surface area contributed by atoms with Gasteiger partial charge in [-0.3, -0.25) is 14.6 Å². The van der Waals surface area contributed by atoms with Crippen molar-refractivity contribution in [3.8, 4) is 34.6 Å². The summed E-state index contributed by atoms with van der Waals surface area (Å²) in [5.41, 5.74) is 2.91. The van der Waals surface area contributed by atoms with Crippen LogP contribution in [0.2, 0.25) is 0 Å². The third kappa shape index (κ3) is 5.72. The van der Waals surface area contributed by atoms with E-state index in [2.05, 4.69) is 20.0 Å². The second-order valence-corrected chi connectivity index (χ2v) is 11.0. The predicted molar refractivity (Wildman–Crippen MR) is 148 cm³/mol. The van der Waals surface area contributed by atoms with E-state index >= 15 is 0 Å². The smallest absolute Gasteiger partial charge is 0.319 e. The van der Waals surface area contributed by atoms with E-state index in [9.17, 15) is 20.1 Å². The van der Waals surface area contributed by atoms with E-state index in [0.29, 0.717) is 28.7 Å². The Bertz CT molecular complexity index is 1310. The molecule has 2 aliphatic heterocycles. The predicted octanol–water partition coefficient (Wildman–Crippen LogP) is 3.30. The van der Waals surface area contributed by atoms with Crippen molar-refractivity contribution in [1.29, 1.82) is 0 Å². The number of hydrogen-bond acceptors (Lipinski definition) is 8. The van der Waals surface area contributed by atoms with Crippen LogP contribution in [0.3, 0.4) is 0 Å². The summed E-state index contributed by atoms with van der Waals surface area (Å²) in [5.74, 6) is 0.398. The van der Waals surface area contributed by atoms with Crippen LogP contribution in [-0.2, 0) is 11.3 Å². The van der Waals surface area contributed by atoms with E-state index in [-0.39, 0.29) is 29.3 Å². The molecule has 208 valence electrons. The fraction of sp³-hybridized carbons (Fsp3) is 0.483. The van der Waals surface area contributed by atoms with E-state index in [0.717, 1.165) is 58.7 Å². The molecule has 10 nitrogen and oxygen atoms in total. The monoisotopic (exact) mass is 534 g/mol. The quantitative estimate of drug-likeness (QED) is 0.441. The van der Waals surface area contributed by atoms with Gasteiger partial charge in [-0.15, -0.1) is 5.10 Å². The largest absolute Gasteiger partial charge is 0.508 e. The van der Waals surface area contributed by atoms with Gasteiger partial charge < -0.3 is 20.2 Å². The fourth-order valence-corrected chi connectivity index (χ4v) is 5.76. The molecule has 1 amide bonds. The molecule has 2 saturated heterocycles. The number of piperazine rings is 1. The number of rotatable bonds is 6.